The number of hydrogen-bond donors (Lipinski definition) is 4. The Morgan fingerprint density at radius 3 is 1.90 bits per heavy atom. The predicted molar refractivity (Wildman–Crippen MR) is 189 cm³/mol. The zero-order valence-corrected chi connectivity index (χ0v) is 31.5. The summed E-state index contributed by atoms with van der Waals surface area (Å²) in [5, 5.41) is 7.76. The molecule has 2 aromatic rings. The average molecular weight is 738 g/mol. The van der Waals surface area contributed by atoms with Crippen molar-refractivity contribution in [3.63, 3.8) is 0 Å². The van der Waals surface area contributed by atoms with Crippen molar-refractivity contribution >= 4 is 33.7 Å². The molecule has 0 spiro atoms. The third-order valence-corrected chi connectivity index (χ3v) is 9.96. The first-order valence-electron chi connectivity index (χ1n) is 16.3. The maximum atomic E-state index is 14.1. The number of carbonyl (C=O) groups excluding carboxylic acids is 4. The minimum absolute atomic E-state index is 0.000361. The maximum Gasteiger partial charge on any atom is 0.471 e. The van der Waals surface area contributed by atoms with Gasteiger partial charge >= 0.3 is 12.1 Å². The SMILES string of the molecule is CN[C@H](C(=O)NC(C(=O)N(C)[C@H](/C=C(\C)C(=O)NS(=O)(=O)c1ccc(CNC(=O)C(F)(F)F)cc1)C(C)C)C(C)(C)C)C(C)(C)c1ccccc1. The molecule has 0 aliphatic heterocycles. The highest BCUT2D eigenvalue weighted by Gasteiger charge is 2.42. The van der Waals surface area contributed by atoms with Crippen molar-refractivity contribution < 1.29 is 40.8 Å². The smallest absolute Gasteiger partial charge is 0.344 e. The third-order valence-electron chi connectivity index (χ3n) is 8.62. The molecule has 15 heteroatoms. The van der Waals surface area contributed by atoms with E-state index >= 15 is 0 Å². The van der Waals surface area contributed by atoms with Crippen molar-refractivity contribution in [2.45, 2.75) is 96.5 Å². The molecule has 0 aliphatic rings. The number of amides is 4. The molecular formula is C36H50F3N5O6S. The lowest BCUT2D eigenvalue weighted by molar-refractivity contribution is -0.173. The van der Waals surface area contributed by atoms with Crippen LogP contribution in [0.3, 0.4) is 0 Å². The molecule has 0 heterocycles. The number of benzene rings is 2. The van der Waals surface area contributed by atoms with Crippen molar-refractivity contribution in [1.29, 1.82) is 0 Å². The Bertz CT molecular complexity index is 1690. The summed E-state index contributed by atoms with van der Waals surface area (Å²) in [7, 11) is -1.16. The number of nitrogens with one attached hydrogen (secondary N) is 4. The van der Waals surface area contributed by atoms with Crippen LogP contribution in [0.15, 0.2) is 71.1 Å². The first-order chi connectivity index (χ1) is 23.3. The molecular weight excluding hydrogens is 687 g/mol. The van der Waals surface area contributed by atoms with Crippen LogP contribution in [0.4, 0.5) is 13.2 Å². The third kappa shape index (κ3) is 11.4. The van der Waals surface area contributed by atoms with Crippen LogP contribution in [0.2, 0.25) is 0 Å². The summed E-state index contributed by atoms with van der Waals surface area (Å²) < 4.78 is 65.3. The molecule has 4 N–H and O–H groups in total. The fraction of sp³-hybridized carbons (Fsp3) is 0.500. The van der Waals surface area contributed by atoms with Gasteiger partial charge in [-0.3, -0.25) is 19.2 Å². The second-order valence-electron chi connectivity index (χ2n) is 14.4. The number of alkyl halides is 3. The Kier molecular flexibility index (Phi) is 14.2. The molecule has 0 aromatic heterocycles. The van der Waals surface area contributed by atoms with Gasteiger partial charge in [0, 0.05) is 24.6 Å². The standard InChI is InChI=1S/C36H50F3N5O6S/c1-22(2)27(20-23(3)30(45)43-51(49,50)26-18-16-24(17-19-26)21-41-33(48)36(37,38)39)44(10)32(47)29(34(4,5)6)42-31(46)28(40-9)35(7,8)25-14-12-11-13-15-25/h11-20,22,27-29,40H,21H2,1-10H3,(H,41,48)(H,42,46)(H,43,45)/b23-20+/t27-,28-,29?/m1/s1. The Hall–Kier alpha value is -4.24. The fourth-order valence-corrected chi connectivity index (χ4v) is 6.51. The highest BCUT2D eigenvalue weighted by molar-refractivity contribution is 7.90. The van der Waals surface area contributed by atoms with E-state index in [4.69, 9.17) is 0 Å². The van der Waals surface area contributed by atoms with Gasteiger partial charge in [-0.2, -0.15) is 13.2 Å². The van der Waals surface area contributed by atoms with Crippen LogP contribution in [-0.4, -0.2) is 75.3 Å². The van der Waals surface area contributed by atoms with Gasteiger partial charge in [-0.25, -0.2) is 13.1 Å². The van der Waals surface area contributed by atoms with Crippen molar-refractivity contribution in [2.24, 2.45) is 11.3 Å². The van der Waals surface area contributed by atoms with E-state index < -0.39 is 69.4 Å². The molecule has 0 aliphatic carbocycles. The van der Waals surface area contributed by atoms with Gasteiger partial charge in [0.15, 0.2) is 0 Å². The summed E-state index contributed by atoms with van der Waals surface area (Å²) in [4.78, 5) is 53.2. The topological polar surface area (TPSA) is 154 Å². The zero-order valence-electron chi connectivity index (χ0n) is 30.7. The van der Waals surface area contributed by atoms with Gasteiger partial charge in [0.2, 0.25) is 11.8 Å². The Morgan fingerprint density at radius 1 is 0.882 bits per heavy atom. The second-order valence-corrected chi connectivity index (χ2v) is 16.1. The number of carbonyl (C=O) groups is 4. The van der Waals surface area contributed by atoms with E-state index in [1.54, 1.807) is 19.4 Å². The number of hydrogen-bond acceptors (Lipinski definition) is 7. The largest absolute Gasteiger partial charge is 0.471 e. The monoisotopic (exact) mass is 737 g/mol. The van der Waals surface area contributed by atoms with Gasteiger partial charge < -0.3 is 20.9 Å². The molecule has 4 amide bonds. The van der Waals surface area contributed by atoms with Crippen LogP contribution in [-0.2, 0) is 41.2 Å². The highest BCUT2D eigenvalue weighted by atomic mass is 32.2. The summed E-state index contributed by atoms with van der Waals surface area (Å²) in [5.41, 5.74) is -0.224. The number of rotatable bonds is 14. The van der Waals surface area contributed by atoms with E-state index in [1.807, 2.05) is 83.5 Å². The fourth-order valence-electron chi connectivity index (χ4n) is 5.49. The molecule has 0 bridgehead atoms. The van der Waals surface area contributed by atoms with Gasteiger partial charge in [-0.1, -0.05) is 97.0 Å². The first kappa shape index (κ1) is 42.9. The van der Waals surface area contributed by atoms with E-state index in [-0.39, 0.29) is 27.9 Å². The second kappa shape index (κ2) is 16.9. The Morgan fingerprint density at radius 2 is 1.43 bits per heavy atom. The summed E-state index contributed by atoms with van der Waals surface area (Å²) >= 11 is 0. The van der Waals surface area contributed by atoms with Crippen LogP contribution < -0.4 is 20.7 Å². The Balaban J connectivity index is 2.26. The molecule has 3 atom stereocenters. The normalized spacial score (nSPS) is 14.7. The summed E-state index contributed by atoms with van der Waals surface area (Å²) in [6.45, 7) is 13.9. The van der Waals surface area contributed by atoms with Crippen LogP contribution in [0, 0.1) is 11.3 Å². The van der Waals surface area contributed by atoms with E-state index in [0.29, 0.717) is 0 Å². The first-order valence-corrected chi connectivity index (χ1v) is 17.8. The molecule has 51 heavy (non-hydrogen) atoms. The number of likely N-dealkylation sites (N-methyl/N-ethyl adjacent to an activating group) is 2. The van der Waals surface area contributed by atoms with Gasteiger partial charge in [0.1, 0.15) is 6.04 Å². The minimum atomic E-state index is -5.06. The van der Waals surface area contributed by atoms with Crippen molar-refractivity contribution in [2.75, 3.05) is 14.1 Å². The van der Waals surface area contributed by atoms with Gasteiger partial charge in [-0.15, -0.1) is 0 Å². The number of sulfonamides is 1. The highest BCUT2D eigenvalue weighted by Crippen LogP contribution is 2.29. The number of nitrogens with zero attached hydrogens (tertiary/aromatic N) is 1. The van der Waals surface area contributed by atoms with Crippen molar-refractivity contribution in [3.8, 4) is 0 Å². The molecule has 1 unspecified atom stereocenters. The summed E-state index contributed by atoms with van der Waals surface area (Å²) in [6, 6.07) is 11.8. The van der Waals surface area contributed by atoms with E-state index in [9.17, 15) is 40.8 Å². The summed E-state index contributed by atoms with van der Waals surface area (Å²) in [6.07, 6.45) is -3.58. The molecule has 2 rings (SSSR count). The molecule has 0 saturated heterocycles. The van der Waals surface area contributed by atoms with Crippen LogP contribution in [0.25, 0.3) is 0 Å². The minimum Gasteiger partial charge on any atom is -0.344 e. The van der Waals surface area contributed by atoms with Crippen LogP contribution in [0.5, 0.6) is 0 Å². The lowest BCUT2D eigenvalue weighted by atomic mass is 9.76. The van der Waals surface area contributed by atoms with Crippen molar-refractivity contribution in [1.82, 2.24) is 25.6 Å². The van der Waals surface area contributed by atoms with E-state index in [2.05, 4.69) is 10.6 Å². The predicted octanol–water partition coefficient (Wildman–Crippen LogP) is 4.20. The maximum absolute atomic E-state index is 14.1. The average Bonchev–Trinajstić information content (AvgIpc) is 3.03. The molecule has 282 valence electrons. The Labute approximate surface area is 298 Å². The molecule has 2 aromatic carbocycles. The lowest BCUT2D eigenvalue weighted by Gasteiger charge is -2.40. The molecule has 11 nitrogen and oxygen atoms in total. The van der Waals surface area contributed by atoms with Gasteiger partial charge in [0.05, 0.1) is 17.0 Å². The summed E-state index contributed by atoms with van der Waals surface area (Å²) in [5.74, 6) is -4.11. The lowest BCUT2D eigenvalue weighted by Crippen LogP contribution is -2.61. The molecule has 0 radical (unpaired) electrons. The van der Waals surface area contributed by atoms with Gasteiger partial charge in [0.25, 0.3) is 15.9 Å². The van der Waals surface area contributed by atoms with E-state index in [0.717, 1.165) is 17.7 Å². The zero-order chi connectivity index (χ0) is 39.1. The van der Waals surface area contributed by atoms with Crippen molar-refractivity contribution in [3.05, 3.63) is 77.4 Å². The van der Waals surface area contributed by atoms with Crippen LogP contribution >= 0.6 is 0 Å². The quantitative estimate of drug-likeness (QED) is 0.212. The molecule has 0 saturated carbocycles. The van der Waals surface area contributed by atoms with E-state index in [1.165, 1.54) is 30.0 Å². The van der Waals surface area contributed by atoms with Crippen LogP contribution in [0.1, 0.15) is 66.5 Å². The molecule has 0 fully saturated rings. The number of halogens is 3. The van der Waals surface area contributed by atoms with Gasteiger partial charge in [-0.05, 0) is 48.6 Å².